The molecule has 0 bridgehead atoms. The molecule has 15 heavy (non-hydrogen) atoms. The minimum Gasteiger partial charge on any atom is -0.434 e. The second-order valence-corrected chi connectivity index (χ2v) is 3.25. The van der Waals surface area contributed by atoms with E-state index in [9.17, 15) is 4.79 Å². The van der Waals surface area contributed by atoms with Gasteiger partial charge in [0.2, 0.25) is 0 Å². The summed E-state index contributed by atoms with van der Waals surface area (Å²) in [7, 11) is 0. The summed E-state index contributed by atoms with van der Waals surface area (Å²) in [4.78, 5) is 11.0. The first-order valence-corrected chi connectivity index (χ1v) is 5.65. The van der Waals surface area contributed by atoms with Gasteiger partial charge in [0, 0.05) is 6.61 Å². The van der Waals surface area contributed by atoms with Gasteiger partial charge in [0.1, 0.15) is 6.61 Å². The molecule has 90 valence electrons. The molecule has 4 nitrogen and oxygen atoms in total. The first-order chi connectivity index (χ1) is 7.24. The first kappa shape index (κ1) is 14.2. The Morgan fingerprint density at radius 3 is 2.47 bits per heavy atom. The van der Waals surface area contributed by atoms with Crippen molar-refractivity contribution in [1.82, 2.24) is 0 Å². The van der Waals surface area contributed by atoms with Crippen LogP contribution in [-0.2, 0) is 14.2 Å². The molecule has 1 unspecified atom stereocenters. The van der Waals surface area contributed by atoms with E-state index in [1.54, 1.807) is 0 Å². The SMILES string of the molecule is CCCCOC(=O)OCC(CC)OCC. The quantitative estimate of drug-likeness (QED) is 0.464. The molecule has 0 rings (SSSR count). The average Bonchev–Trinajstić information content (AvgIpc) is 2.24. The van der Waals surface area contributed by atoms with Gasteiger partial charge in [0.15, 0.2) is 0 Å². The summed E-state index contributed by atoms with van der Waals surface area (Å²) >= 11 is 0. The molecular weight excluding hydrogens is 196 g/mol. The van der Waals surface area contributed by atoms with Crippen LogP contribution in [0.5, 0.6) is 0 Å². The second-order valence-electron chi connectivity index (χ2n) is 3.25. The van der Waals surface area contributed by atoms with Crippen molar-refractivity contribution in [3.8, 4) is 0 Å². The van der Waals surface area contributed by atoms with E-state index in [1.807, 2.05) is 20.8 Å². The lowest BCUT2D eigenvalue weighted by molar-refractivity contribution is -0.0139. The molecule has 0 saturated heterocycles. The Hall–Kier alpha value is -0.770. The summed E-state index contributed by atoms with van der Waals surface area (Å²) in [5, 5.41) is 0. The standard InChI is InChI=1S/C11H22O4/c1-4-7-8-14-11(12)15-9-10(5-2)13-6-3/h10H,4-9H2,1-3H3. The molecule has 0 aliphatic carbocycles. The Morgan fingerprint density at radius 2 is 1.93 bits per heavy atom. The van der Waals surface area contributed by atoms with Crippen LogP contribution >= 0.6 is 0 Å². The second kappa shape index (κ2) is 9.77. The van der Waals surface area contributed by atoms with E-state index >= 15 is 0 Å². The van der Waals surface area contributed by atoms with Crippen LogP contribution in [0.1, 0.15) is 40.0 Å². The van der Waals surface area contributed by atoms with Crippen LogP contribution in [-0.4, -0.2) is 32.1 Å². The molecule has 0 radical (unpaired) electrons. The molecule has 0 aromatic heterocycles. The van der Waals surface area contributed by atoms with Gasteiger partial charge < -0.3 is 14.2 Å². The molecule has 0 aromatic rings. The number of carbonyl (C=O) groups is 1. The summed E-state index contributed by atoms with van der Waals surface area (Å²) in [6, 6.07) is 0. The van der Waals surface area contributed by atoms with Crippen LogP contribution < -0.4 is 0 Å². The highest BCUT2D eigenvalue weighted by molar-refractivity contribution is 5.59. The van der Waals surface area contributed by atoms with Crippen molar-refractivity contribution >= 4 is 6.16 Å². The lowest BCUT2D eigenvalue weighted by Crippen LogP contribution is -2.22. The number of hydrogen-bond acceptors (Lipinski definition) is 4. The van der Waals surface area contributed by atoms with Gasteiger partial charge in [-0.15, -0.1) is 0 Å². The van der Waals surface area contributed by atoms with Crippen LogP contribution in [0.4, 0.5) is 4.79 Å². The van der Waals surface area contributed by atoms with Crippen LogP contribution in [0.25, 0.3) is 0 Å². The number of rotatable bonds is 8. The van der Waals surface area contributed by atoms with Gasteiger partial charge in [0.25, 0.3) is 0 Å². The highest BCUT2D eigenvalue weighted by Crippen LogP contribution is 2.00. The maximum Gasteiger partial charge on any atom is 0.508 e. The van der Waals surface area contributed by atoms with E-state index in [-0.39, 0.29) is 12.7 Å². The fourth-order valence-corrected chi connectivity index (χ4v) is 1.02. The molecule has 0 aliphatic rings. The predicted molar refractivity (Wildman–Crippen MR) is 57.9 cm³/mol. The molecule has 1 atom stereocenters. The molecule has 0 saturated carbocycles. The number of carbonyl (C=O) groups excluding carboxylic acids is 1. The van der Waals surface area contributed by atoms with Crippen LogP contribution in [0.15, 0.2) is 0 Å². The topological polar surface area (TPSA) is 44.8 Å². The highest BCUT2D eigenvalue weighted by atomic mass is 16.7. The predicted octanol–water partition coefficient (Wildman–Crippen LogP) is 2.75. The molecule has 0 aromatic carbocycles. The fourth-order valence-electron chi connectivity index (χ4n) is 1.02. The van der Waals surface area contributed by atoms with Crippen molar-refractivity contribution in [2.75, 3.05) is 19.8 Å². The Morgan fingerprint density at radius 1 is 1.20 bits per heavy atom. The number of ether oxygens (including phenoxy) is 3. The maximum atomic E-state index is 11.0. The zero-order chi connectivity index (χ0) is 11.5. The van der Waals surface area contributed by atoms with Crippen LogP contribution in [0, 0.1) is 0 Å². The van der Waals surface area contributed by atoms with Gasteiger partial charge in [-0.25, -0.2) is 4.79 Å². The van der Waals surface area contributed by atoms with Gasteiger partial charge in [0.05, 0.1) is 12.7 Å². The zero-order valence-corrected chi connectivity index (χ0v) is 9.95. The lowest BCUT2D eigenvalue weighted by Gasteiger charge is -2.14. The molecular formula is C11H22O4. The normalized spacial score (nSPS) is 12.2. The summed E-state index contributed by atoms with van der Waals surface area (Å²) < 4.78 is 15.1. The fraction of sp³-hybridized carbons (Fsp3) is 0.909. The van der Waals surface area contributed by atoms with E-state index in [2.05, 4.69) is 0 Å². The van der Waals surface area contributed by atoms with Crippen molar-refractivity contribution in [2.24, 2.45) is 0 Å². The minimum atomic E-state index is -0.596. The minimum absolute atomic E-state index is 0.0197. The Kier molecular flexibility index (Phi) is 9.27. The third-order valence-electron chi connectivity index (χ3n) is 1.96. The van der Waals surface area contributed by atoms with Gasteiger partial charge in [-0.2, -0.15) is 0 Å². The first-order valence-electron chi connectivity index (χ1n) is 5.65. The Labute approximate surface area is 91.9 Å². The zero-order valence-electron chi connectivity index (χ0n) is 9.95. The monoisotopic (exact) mass is 218 g/mol. The van der Waals surface area contributed by atoms with Crippen LogP contribution in [0.2, 0.25) is 0 Å². The lowest BCUT2D eigenvalue weighted by atomic mass is 10.3. The van der Waals surface area contributed by atoms with Crippen molar-refractivity contribution < 1.29 is 19.0 Å². The van der Waals surface area contributed by atoms with Crippen molar-refractivity contribution in [1.29, 1.82) is 0 Å². The number of unbranched alkanes of at least 4 members (excludes halogenated alkanes) is 1. The van der Waals surface area contributed by atoms with Crippen molar-refractivity contribution in [3.05, 3.63) is 0 Å². The van der Waals surface area contributed by atoms with Crippen molar-refractivity contribution in [2.45, 2.75) is 46.1 Å². The van der Waals surface area contributed by atoms with Gasteiger partial charge in [-0.1, -0.05) is 20.3 Å². The molecule has 0 fully saturated rings. The number of hydrogen-bond donors (Lipinski definition) is 0. The Balaban J connectivity index is 3.50. The summed E-state index contributed by atoms with van der Waals surface area (Å²) in [6.07, 6.45) is 2.09. The highest BCUT2D eigenvalue weighted by Gasteiger charge is 2.10. The van der Waals surface area contributed by atoms with Crippen molar-refractivity contribution in [3.63, 3.8) is 0 Å². The van der Waals surface area contributed by atoms with Gasteiger partial charge in [-0.3, -0.25) is 0 Å². The summed E-state index contributed by atoms with van der Waals surface area (Å²) in [5.41, 5.74) is 0. The largest absolute Gasteiger partial charge is 0.508 e. The van der Waals surface area contributed by atoms with E-state index < -0.39 is 6.16 Å². The molecule has 0 N–H and O–H groups in total. The third-order valence-corrected chi connectivity index (χ3v) is 1.96. The molecule has 4 heteroatoms. The Bertz CT molecular complexity index is 159. The third kappa shape index (κ3) is 8.24. The molecule has 0 heterocycles. The molecule has 0 spiro atoms. The average molecular weight is 218 g/mol. The summed E-state index contributed by atoms with van der Waals surface area (Å²) in [6.45, 7) is 7.29. The van der Waals surface area contributed by atoms with Gasteiger partial charge >= 0.3 is 6.16 Å². The molecule has 0 aliphatic heterocycles. The van der Waals surface area contributed by atoms with Gasteiger partial charge in [-0.05, 0) is 19.8 Å². The van der Waals surface area contributed by atoms with E-state index in [0.717, 1.165) is 19.3 Å². The van der Waals surface area contributed by atoms with E-state index in [4.69, 9.17) is 14.2 Å². The summed E-state index contributed by atoms with van der Waals surface area (Å²) in [5.74, 6) is 0. The van der Waals surface area contributed by atoms with E-state index in [1.165, 1.54) is 0 Å². The van der Waals surface area contributed by atoms with E-state index in [0.29, 0.717) is 13.2 Å². The smallest absolute Gasteiger partial charge is 0.434 e. The molecule has 0 amide bonds. The maximum absolute atomic E-state index is 11.0. The van der Waals surface area contributed by atoms with Crippen LogP contribution in [0.3, 0.4) is 0 Å².